The maximum Gasteiger partial charge on any atom is 0.336 e. The average Bonchev–Trinajstić information content (AvgIpc) is 2.61. The highest BCUT2D eigenvalue weighted by molar-refractivity contribution is 6.31. The maximum atomic E-state index is 12.7. The summed E-state index contributed by atoms with van der Waals surface area (Å²) in [5.74, 6) is -3.12. The molecule has 1 aliphatic rings. The number of nitro benzene ring substituents is 1. The number of halogens is 1. The number of rotatable bonds is 6. The van der Waals surface area contributed by atoms with Gasteiger partial charge < -0.3 is 9.47 Å². The number of non-ortho nitro benzene ring substituents is 1. The maximum absolute atomic E-state index is 12.7. The fraction of sp³-hybridized carbons (Fsp3) is 0.421. The van der Waals surface area contributed by atoms with E-state index in [1.165, 1.54) is 18.2 Å². The summed E-state index contributed by atoms with van der Waals surface area (Å²) in [5.41, 5.74) is 0.988. The van der Waals surface area contributed by atoms with Gasteiger partial charge >= 0.3 is 11.9 Å². The summed E-state index contributed by atoms with van der Waals surface area (Å²) in [6.45, 7) is 6.84. The van der Waals surface area contributed by atoms with Gasteiger partial charge in [0, 0.05) is 34.5 Å². The van der Waals surface area contributed by atoms with Crippen LogP contribution in [-0.2, 0) is 19.1 Å². The van der Waals surface area contributed by atoms with Crippen LogP contribution in [0.3, 0.4) is 0 Å². The second-order valence-corrected chi connectivity index (χ2v) is 6.55. The summed E-state index contributed by atoms with van der Waals surface area (Å²) in [5, 5.41) is 11.4. The lowest BCUT2D eigenvalue weighted by atomic mass is 9.75. The van der Waals surface area contributed by atoms with E-state index in [0.717, 1.165) is 0 Å². The van der Waals surface area contributed by atoms with Crippen molar-refractivity contribution in [2.24, 2.45) is 10.9 Å². The van der Waals surface area contributed by atoms with Crippen molar-refractivity contribution >= 4 is 34.9 Å². The molecule has 9 heteroatoms. The molecule has 0 aromatic heterocycles. The number of carbonyl (C=O) groups excluding carboxylic acids is 2. The number of esters is 2. The molecule has 0 bridgehead atoms. The summed E-state index contributed by atoms with van der Waals surface area (Å²) in [4.78, 5) is 40.4. The number of allylic oxidation sites excluding steroid dienone is 1. The van der Waals surface area contributed by atoms with Crippen LogP contribution in [0.25, 0.3) is 0 Å². The van der Waals surface area contributed by atoms with Gasteiger partial charge in [-0.3, -0.25) is 19.9 Å². The van der Waals surface area contributed by atoms with Gasteiger partial charge in [0.25, 0.3) is 5.69 Å². The largest absolute Gasteiger partial charge is 0.465 e. The first-order valence-corrected chi connectivity index (χ1v) is 9.14. The summed E-state index contributed by atoms with van der Waals surface area (Å²) < 4.78 is 10.3. The molecule has 8 nitrogen and oxygen atoms in total. The highest BCUT2D eigenvalue weighted by atomic mass is 35.5. The number of nitrogens with zero attached hydrogens (tertiary/aromatic N) is 2. The smallest absolute Gasteiger partial charge is 0.336 e. The molecular weight excluding hydrogens is 388 g/mol. The lowest BCUT2D eigenvalue weighted by Crippen LogP contribution is -2.36. The summed E-state index contributed by atoms with van der Waals surface area (Å²) in [6.07, 6.45) is 0. The van der Waals surface area contributed by atoms with Crippen molar-refractivity contribution in [3.05, 3.63) is 50.2 Å². The lowest BCUT2D eigenvalue weighted by Gasteiger charge is -2.31. The van der Waals surface area contributed by atoms with Crippen LogP contribution in [0, 0.1) is 16.0 Å². The molecule has 150 valence electrons. The Morgan fingerprint density at radius 3 is 2.43 bits per heavy atom. The molecule has 1 unspecified atom stereocenters. The fourth-order valence-corrected chi connectivity index (χ4v) is 3.50. The number of nitro groups is 1. The quantitative estimate of drug-likeness (QED) is 0.402. The van der Waals surface area contributed by atoms with Crippen LogP contribution in [0.2, 0.25) is 5.02 Å². The monoisotopic (exact) mass is 408 g/mol. The topological polar surface area (TPSA) is 108 Å². The van der Waals surface area contributed by atoms with E-state index in [9.17, 15) is 19.7 Å². The summed E-state index contributed by atoms with van der Waals surface area (Å²) >= 11 is 6.33. The molecule has 1 aliphatic heterocycles. The van der Waals surface area contributed by atoms with Gasteiger partial charge in [0.2, 0.25) is 0 Å². The molecule has 0 spiro atoms. The standard InChI is InChI=1S/C19H21ClN2O6/c1-5-27-18(23)15-10(3)21-11(4)16(19(24)28-6-2)17(15)13-9-12(22(25)26)7-8-14(13)20/h7-9,15,17H,5-6H2,1-4H3/t15?,17-/m0/s1. The van der Waals surface area contributed by atoms with Crippen LogP contribution in [0.15, 0.2) is 34.5 Å². The van der Waals surface area contributed by atoms with Gasteiger partial charge in [-0.05, 0) is 39.3 Å². The zero-order valence-corrected chi connectivity index (χ0v) is 16.8. The SMILES string of the molecule is CCOC(=O)C1=C(C)N=C(C)C(C(=O)OCC)[C@@H]1c1cc([N+](=O)[O-])ccc1Cl. The molecule has 0 N–H and O–H groups in total. The Kier molecular flexibility index (Phi) is 6.90. The highest BCUT2D eigenvalue weighted by Crippen LogP contribution is 2.43. The predicted octanol–water partition coefficient (Wildman–Crippen LogP) is 3.82. The molecule has 0 fully saturated rings. The van der Waals surface area contributed by atoms with Crippen LogP contribution < -0.4 is 0 Å². The first-order chi connectivity index (χ1) is 13.2. The molecule has 0 aliphatic carbocycles. The van der Waals surface area contributed by atoms with Crippen molar-refractivity contribution in [3.63, 3.8) is 0 Å². The molecular formula is C19H21ClN2O6. The molecule has 0 radical (unpaired) electrons. The summed E-state index contributed by atoms with van der Waals surface area (Å²) in [7, 11) is 0. The van der Waals surface area contributed by atoms with Crippen LogP contribution in [-0.4, -0.2) is 35.8 Å². The van der Waals surface area contributed by atoms with Gasteiger partial charge in [-0.2, -0.15) is 0 Å². The van der Waals surface area contributed by atoms with Gasteiger partial charge in [-0.25, -0.2) is 4.79 Å². The van der Waals surface area contributed by atoms with E-state index in [4.69, 9.17) is 21.1 Å². The molecule has 1 aromatic carbocycles. The number of aliphatic imine (C=N–C) groups is 1. The van der Waals surface area contributed by atoms with Crippen LogP contribution >= 0.6 is 11.6 Å². The van der Waals surface area contributed by atoms with Crippen molar-refractivity contribution in [2.45, 2.75) is 33.6 Å². The van der Waals surface area contributed by atoms with Gasteiger partial charge in [-0.15, -0.1) is 0 Å². The first kappa shape index (κ1) is 21.6. The Morgan fingerprint density at radius 2 is 1.86 bits per heavy atom. The van der Waals surface area contributed by atoms with Crippen LogP contribution in [0.4, 0.5) is 5.69 Å². The van der Waals surface area contributed by atoms with E-state index in [1.807, 2.05) is 0 Å². The molecule has 2 atom stereocenters. The molecule has 1 heterocycles. The zero-order valence-electron chi connectivity index (χ0n) is 16.0. The highest BCUT2D eigenvalue weighted by Gasteiger charge is 2.43. The zero-order chi connectivity index (χ0) is 21.0. The van der Waals surface area contributed by atoms with Crippen molar-refractivity contribution in [2.75, 3.05) is 13.2 Å². The van der Waals surface area contributed by atoms with E-state index in [2.05, 4.69) is 4.99 Å². The molecule has 0 saturated heterocycles. The average molecular weight is 409 g/mol. The van der Waals surface area contributed by atoms with Gasteiger partial charge in [0.15, 0.2) is 0 Å². The third-order valence-electron chi connectivity index (χ3n) is 4.39. The van der Waals surface area contributed by atoms with Gasteiger partial charge in [-0.1, -0.05) is 11.6 Å². The normalized spacial score (nSPS) is 19.1. The second kappa shape index (κ2) is 8.97. The van der Waals surface area contributed by atoms with E-state index in [1.54, 1.807) is 27.7 Å². The minimum absolute atomic E-state index is 0.123. The molecule has 0 saturated carbocycles. The van der Waals surface area contributed by atoms with E-state index in [-0.39, 0.29) is 35.1 Å². The predicted molar refractivity (Wildman–Crippen MR) is 103 cm³/mol. The lowest BCUT2D eigenvalue weighted by molar-refractivity contribution is -0.384. The second-order valence-electron chi connectivity index (χ2n) is 6.14. The Balaban J connectivity index is 2.75. The molecule has 2 rings (SSSR count). The molecule has 0 amide bonds. The molecule has 28 heavy (non-hydrogen) atoms. The Labute approximate surface area is 167 Å². The van der Waals surface area contributed by atoms with Gasteiger partial charge in [0.1, 0.15) is 5.92 Å². The van der Waals surface area contributed by atoms with Crippen molar-refractivity contribution in [1.29, 1.82) is 0 Å². The Hall–Kier alpha value is -2.74. The number of hydrogen-bond donors (Lipinski definition) is 0. The number of benzene rings is 1. The fourth-order valence-electron chi connectivity index (χ4n) is 3.27. The van der Waals surface area contributed by atoms with E-state index >= 15 is 0 Å². The Bertz CT molecular complexity index is 877. The first-order valence-electron chi connectivity index (χ1n) is 8.76. The van der Waals surface area contributed by atoms with Crippen molar-refractivity contribution in [1.82, 2.24) is 0 Å². The third-order valence-corrected chi connectivity index (χ3v) is 4.73. The van der Waals surface area contributed by atoms with E-state index in [0.29, 0.717) is 11.4 Å². The Morgan fingerprint density at radius 1 is 1.21 bits per heavy atom. The van der Waals surface area contributed by atoms with Gasteiger partial charge in [0.05, 0.1) is 23.7 Å². The minimum Gasteiger partial charge on any atom is -0.465 e. The van der Waals surface area contributed by atoms with Crippen LogP contribution in [0.5, 0.6) is 0 Å². The number of carbonyl (C=O) groups is 2. The third kappa shape index (κ3) is 4.22. The van der Waals surface area contributed by atoms with E-state index < -0.39 is 28.7 Å². The minimum atomic E-state index is -0.956. The molecule has 1 aromatic rings. The van der Waals surface area contributed by atoms with Crippen molar-refractivity contribution in [3.8, 4) is 0 Å². The number of ether oxygens (including phenoxy) is 2. The number of hydrogen-bond acceptors (Lipinski definition) is 7. The van der Waals surface area contributed by atoms with Crippen molar-refractivity contribution < 1.29 is 24.0 Å². The van der Waals surface area contributed by atoms with Crippen LogP contribution in [0.1, 0.15) is 39.2 Å². The summed E-state index contributed by atoms with van der Waals surface area (Å²) in [6, 6.07) is 3.90.